The van der Waals surface area contributed by atoms with Crippen LogP contribution in [0.1, 0.15) is 54.9 Å². The highest BCUT2D eigenvalue weighted by Crippen LogP contribution is 2.50. The lowest BCUT2D eigenvalue weighted by molar-refractivity contribution is -0.154. The number of aliphatic carboxylic acids is 1. The summed E-state index contributed by atoms with van der Waals surface area (Å²) in [6.45, 7) is 9.80. The van der Waals surface area contributed by atoms with Gasteiger partial charge in [0.15, 0.2) is 0 Å². The molecule has 2 aromatic heterocycles. The standard InChI is InChI=1S/C25H30N4O3S/c1-14-8-17(10-18(9-14)29-23-27-11-15(2)16(3)28-23)20-12-26-22(33-20)25(32)7-6-19(21(30)31)24(4,5)13-25/h8-12,19,32H,6-7,13H2,1-5H3,(H,30,31)(H,27,28,29). The molecule has 8 heteroatoms. The van der Waals surface area contributed by atoms with E-state index in [1.54, 1.807) is 12.4 Å². The average Bonchev–Trinajstić information content (AvgIpc) is 3.20. The van der Waals surface area contributed by atoms with Crippen molar-refractivity contribution in [3.63, 3.8) is 0 Å². The molecule has 0 spiro atoms. The van der Waals surface area contributed by atoms with Crippen molar-refractivity contribution in [1.29, 1.82) is 0 Å². The van der Waals surface area contributed by atoms with E-state index in [1.807, 2.05) is 46.8 Å². The summed E-state index contributed by atoms with van der Waals surface area (Å²) in [7, 11) is 0. The molecule has 3 aromatic rings. The molecular weight excluding hydrogens is 436 g/mol. The van der Waals surface area contributed by atoms with Crippen LogP contribution in [0.4, 0.5) is 11.6 Å². The van der Waals surface area contributed by atoms with Crippen LogP contribution in [0.25, 0.3) is 10.4 Å². The number of aliphatic hydroxyl groups is 1. The number of hydrogen-bond acceptors (Lipinski definition) is 7. The van der Waals surface area contributed by atoms with Crippen molar-refractivity contribution in [2.75, 3.05) is 5.32 Å². The van der Waals surface area contributed by atoms with E-state index in [0.717, 1.165) is 32.9 Å². The van der Waals surface area contributed by atoms with E-state index in [4.69, 9.17) is 0 Å². The van der Waals surface area contributed by atoms with Gasteiger partial charge in [0.25, 0.3) is 0 Å². The molecule has 1 aliphatic carbocycles. The van der Waals surface area contributed by atoms with Gasteiger partial charge >= 0.3 is 5.97 Å². The third-order valence-corrected chi connectivity index (χ3v) is 7.82. The number of nitrogens with zero attached hydrogens (tertiary/aromatic N) is 3. The predicted octanol–water partition coefficient (Wildman–Crippen LogP) is 5.37. The molecule has 2 heterocycles. The van der Waals surface area contributed by atoms with Gasteiger partial charge in [0.2, 0.25) is 5.95 Å². The highest BCUT2D eigenvalue weighted by atomic mass is 32.1. The highest BCUT2D eigenvalue weighted by Gasteiger charge is 2.49. The van der Waals surface area contributed by atoms with E-state index in [-0.39, 0.29) is 0 Å². The summed E-state index contributed by atoms with van der Waals surface area (Å²) in [6, 6.07) is 6.14. The van der Waals surface area contributed by atoms with Gasteiger partial charge in [-0.2, -0.15) is 0 Å². The summed E-state index contributed by atoms with van der Waals surface area (Å²) >= 11 is 1.46. The SMILES string of the molecule is Cc1cc(Nc2ncc(C)c(C)n2)cc(-c2cnc(C3(O)CCC(C(=O)O)C(C)(C)C3)s2)c1. The number of aryl methyl sites for hydroxylation is 3. The number of hydrogen-bond donors (Lipinski definition) is 3. The van der Waals surface area contributed by atoms with Gasteiger partial charge in [0.05, 0.1) is 10.8 Å². The molecule has 1 aromatic carbocycles. The fraction of sp³-hybridized carbons (Fsp3) is 0.440. The molecule has 33 heavy (non-hydrogen) atoms. The summed E-state index contributed by atoms with van der Waals surface area (Å²) in [4.78, 5) is 26.0. The zero-order chi connectivity index (χ0) is 24.0. The minimum atomic E-state index is -1.11. The smallest absolute Gasteiger partial charge is 0.307 e. The lowest BCUT2D eigenvalue weighted by atomic mass is 9.63. The fourth-order valence-corrected chi connectivity index (χ4v) is 5.74. The largest absolute Gasteiger partial charge is 0.481 e. The van der Waals surface area contributed by atoms with Gasteiger partial charge < -0.3 is 15.5 Å². The molecule has 0 saturated heterocycles. The minimum absolute atomic E-state index is 0.370. The summed E-state index contributed by atoms with van der Waals surface area (Å²) in [5, 5.41) is 24.9. The number of carboxylic acids is 1. The lowest BCUT2D eigenvalue weighted by Crippen LogP contribution is -2.44. The molecule has 4 rings (SSSR count). The first kappa shape index (κ1) is 23.3. The number of rotatable bonds is 5. The third-order valence-electron chi connectivity index (χ3n) is 6.58. The molecule has 174 valence electrons. The molecule has 0 aliphatic heterocycles. The molecule has 2 atom stereocenters. The van der Waals surface area contributed by atoms with Crippen molar-refractivity contribution in [2.24, 2.45) is 11.3 Å². The predicted molar refractivity (Wildman–Crippen MR) is 130 cm³/mol. The van der Waals surface area contributed by atoms with Crippen LogP contribution in [-0.4, -0.2) is 31.1 Å². The maximum absolute atomic E-state index is 11.6. The maximum Gasteiger partial charge on any atom is 0.307 e. The van der Waals surface area contributed by atoms with Crippen molar-refractivity contribution in [1.82, 2.24) is 15.0 Å². The molecule has 7 nitrogen and oxygen atoms in total. The minimum Gasteiger partial charge on any atom is -0.481 e. The van der Waals surface area contributed by atoms with Crippen molar-refractivity contribution in [3.05, 3.63) is 52.4 Å². The Hall–Kier alpha value is -2.84. The fourth-order valence-electron chi connectivity index (χ4n) is 4.72. The molecule has 3 N–H and O–H groups in total. The van der Waals surface area contributed by atoms with Crippen molar-refractivity contribution >= 4 is 28.9 Å². The average molecular weight is 467 g/mol. The third kappa shape index (κ3) is 4.77. The van der Waals surface area contributed by atoms with E-state index < -0.39 is 22.9 Å². The first-order chi connectivity index (χ1) is 15.5. The molecule has 1 saturated carbocycles. The molecule has 0 bridgehead atoms. The number of benzene rings is 1. The number of aromatic nitrogens is 3. The van der Waals surface area contributed by atoms with Crippen LogP contribution >= 0.6 is 11.3 Å². The van der Waals surface area contributed by atoms with Crippen molar-refractivity contribution in [2.45, 2.75) is 59.5 Å². The summed E-state index contributed by atoms with van der Waals surface area (Å²) in [5.74, 6) is -0.712. The number of thiazole rings is 1. The first-order valence-corrected chi connectivity index (χ1v) is 11.9. The Morgan fingerprint density at radius 2 is 1.91 bits per heavy atom. The number of carbonyl (C=O) groups is 1. The van der Waals surface area contributed by atoms with Gasteiger partial charge in [-0.25, -0.2) is 15.0 Å². The van der Waals surface area contributed by atoms with E-state index in [1.165, 1.54) is 11.3 Å². The highest BCUT2D eigenvalue weighted by molar-refractivity contribution is 7.15. The Kier molecular flexibility index (Phi) is 6.01. The van der Waals surface area contributed by atoms with Crippen LogP contribution in [0.15, 0.2) is 30.6 Å². The molecule has 0 amide bonds. The van der Waals surface area contributed by atoms with E-state index in [0.29, 0.717) is 30.2 Å². The molecule has 1 fully saturated rings. The maximum atomic E-state index is 11.6. The molecular formula is C25H30N4O3S. The van der Waals surface area contributed by atoms with Crippen LogP contribution < -0.4 is 5.32 Å². The second-order valence-corrected chi connectivity index (χ2v) is 10.9. The Morgan fingerprint density at radius 3 is 2.58 bits per heavy atom. The van der Waals surface area contributed by atoms with Crippen molar-refractivity contribution < 1.29 is 15.0 Å². The first-order valence-electron chi connectivity index (χ1n) is 11.1. The Morgan fingerprint density at radius 1 is 1.15 bits per heavy atom. The number of nitrogens with one attached hydrogen (secondary N) is 1. The monoisotopic (exact) mass is 466 g/mol. The summed E-state index contributed by atoms with van der Waals surface area (Å²) in [6.07, 6.45) is 4.79. The van der Waals surface area contributed by atoms with Crippen LogP contribution in [0.2, 0.25) is 0 Å². The molecule has 0 radical (unpaired) electrons. The zero-order valence-electron chi connectivity index (χ0n) is 19.6. The van der Waals surface area contributed by atoms with Crippen LogP contribution in [-0.2, 0) is 10.4 Å². The second kappa shape index (κ2) is 8.50. The van der Waals surface area contributed by atoms with Gasteiger partial charge in [-0.1, -0.05) is 19.9 Å². The Labute approximate surface area is 198 Å². The van der Waals surface area contributed by atoms with E-state index >= 15 is 0 Å². The molecule has 2 unspecified atom stereocenters. The van der Waals surface area contributed by atoms with E-state index in [9.17, 15) is 15.0 Å². The van der Waals surface area contributed by atoms with Gasteiger partial charge in [-0.15, -0.1) is 11.3 Å². The normalized spacial score (nSPS) is 22.2. The number of carboxylic acid groups (broad SMARTS) is 1. The Bertz CT molecular complexity index is 1210. The number of anilines is 2. The zero-order valence-corrected chi connectivity index (χ0v) is 20.5. The summed E-state index contributed by atoms with van der Waals surface area (Å²) in [5.41, 5.74) is 3.29. The molecule has 1 aliphatic rings. The van der Waals surface area contributed by atoms with Crippen LogP contribution in [0.5, 0.6) is 0 Å². The topological polar surface area (TPSA) is 108 Å². The van der Waals surface area contributed by atoms with Crippen molar-refractivity contribution in [3.8, 4) is 10.4 Å². The quantitative estimate of drug-likeness (QED) is 0.464. The van der Waals surface area contributed by atoms with Crippen LogP contribution in [0.3, 0.4) is 0 Å². The Balaban J connectivity index is 1.59. The van der Waals surface area contributed by atoms with Gasteiger partial charge in [-0.05, 0) is 74.3 Å². The summed E-state index contributed by atoms with van der Waals surface area (Å²) < 4.78 is 0. The van der Waals surface area contributed by atoms with Gasteiger partial charge in [0.1, 0.15) is 10.6 Å². The van der Waals surface area contributed by atoms with Crippen LogP contribution in [0, 0.1) is 32.1 Å². The second-order valence-electron chi connectivity index (χ2n) is 9.83. The lowest BCUT2D eigenvalue weighted by Gasteiger charge is -2.44. The van der Waals surface area contributed by atoms with E-state index in [2.05, 4.69) is 26.3 Å². The van der Waals surface area contributed by atoms with Gasteiger partial charge in [-0.3, -0.25) is 4.79 Å². The van der Waals surface area contributed by atoms with Gasteiger partial charge in [0, 0.05) is 23.8 Å².